The lowest BCUT2D eigenvalue weighted by molar-refractivity contribution is 0.0986. The lowest BCUT2D eigenvalue weighted by Gasteiger charge is -2.41. The van der Waals surface area contributed by atoms with Gasteiger partial charge in [0, 0.05) is 16.6 Å². The highest BCUT2D eigenvalue weighted by molar-refractivity contribution is 9.10. The first kappa shape index (κ1) is 15.9. The zero-order valence-corrected chi connectivity index (χ0v) is 13.9. The maximum absolute atomic E-state index is 13.2. The Kier molecular flexibility index (Phi) is 5.58. The second-order valence-electron chi connectivity index (χ2n) is 5.85. The maximum Gasteiger partial charge on any atom is 0.124 e. The van der Waals surface area contributed by atoms with Gasteiger partial charge in [-0.1, -0.05) is 34.8 Å². The van der Waals surface area contributed by atoms with E-state index in [1.54, 1.807) is 6.07 Å². The van der Waals surface area contributed by atoms with Crippen molar-refractivity contribution in [1.82, 2.24) is 4.90 Å². The number of hydrogen-bond acceptors (Lipinski definition) is 2. The largest absolute Gasteiger partial charge is 0.330 e. The van der Waals surface area contributed by atoms with Crippen molar-refractivity contribution in [3.63, 3.8) is 0 Å². The summed E-state index contributed by atoms with van der Waals surface area (Å²) < 4.78 is 14.1. The van der Waals surface area contributed by atoms with Crippen LogP contribution in [0.2, 0.25) is 0 Å². The molecule has 0 radical (unpaired) electrons. The van der Waals surface area contributed by atoms with E-state index >= 15 is 0 Å². The van der Waals surface area contributed by atoms with E-state index in [1.807, 2.05) is 6.07 Å². The van der Waals surface area contributed by atoms with Gasteiger partial charge in [-0.2, -0.15) is 0 Å². The third-order valence-corrected chi connectivity index (χ3v) is 5.41. The summed E-state index contributed by atoms with van der Waals surface area (Å²) in [6.45, 7) is 2.94. The van der Waals surface area contributed by atoms with Crippen LogP contribution in [-0.4, -0.2) is 24.5 Å². The first-order valence-electron chi connectivity index (χ1n) is 7.41. The second-order valence-corrected chi connectivity index (χ2v) is 6.71. The molecule has 4 heteroatoms. The summed E-state index contributed by atoms with van der Waals surface area (Å²) in [6.07, 6.45) is 5.01. The third kappa shape index (κ3) is 3.41. The van der Waals surface area contributed by atoms with Crippen molar-refractivity contribution in [2.45, 2.75) is 44.7 Å². The molecule has 0 saturated heterocycles. The Bertz CT molecular complexity index is 452. The standard InChI is InChI=1S/C16H24BrFN2/c1-11(14-8-7-13(18)9-15(14)17)20(2)16-6-4-3-5-12(16)10-19/h7-9,11-12,16H,3-6,10,19H2,1-2H3. The van der Waals surface area contributed by atoms with Crippen molar-refractivity contribution in [3.05, 3.63) is 34.1 Å². The second kappa shape index (κ2) is 7.01. The Morgan fingerprint density at radius 2 is 2.10 bits per heavy atom. The predicted molar refractivity (Wildman–Crippen MR) is 85.1 cm³/mol. The van der Waals surface area contributed by atoms with Gasteiger partial charge in [-0.25, -0.2) is 4.39 Å². The van der Waals surface area contributed by atoms with Crippen LogP contribution in [0.1, 0.15) is 44.2 Å². The maximum atomic E-state index is 13.2. The molecular formula is C16H24BrFN2. The van der Waals surface area contributed by atoms with Crippen molar-refractivity contribution in [2.24, 2.45) is 11.7 Å². The van der Waals surface area contributed by atoms with Gasteiger partial charge in [0.25, 0.3) is 0 Å². The average molecular weight is 343 g/mol. The van der Waals surface area contributed by atoms with Crippen LogP contribution < -0.4 is 5.73 Å². The fourth-order valence-corrected chi connectivity index (χ4v) is 4.03. The molecule has 20 heavy (non-hydrogen) atoms. The Morgan fingerprint density at radius 3 is 2.75 bits per heavy atom. The van der Waals surface area contributed by atoms with Crippen molar-refractivity contribution < 1.29 is 4.39 Å². The van der Waals surface area contributed by atoms with Gasteiger partial charge >= 0.3 is 0 Å². The highest BCUT2D eigenvalue weighted by Gasteiger charge is 2.30. The molecule has 1 aliphatic carbocycles. The molecule has 0 amide bonds. The fourth-order valence-electron chi connectivity index (χ4n) is 3.35. The molecule has 3 atom stereocenters. The van der Waals surface area contributed by atoms with E-state index in [0.29, 0.717) is 12.0 Å². The van der Waals surface area contributed by atoms with Gasteiger partial charge in [-0.05, 0) is 57.0 Å². The van der Waals surface area contributed by atoms with Crippen molar-refractivity contribution in [3.8, 4) is 0 Å². The number of benzene rings is 1. The molecule has 0 heterocycles. The number of nitrogens with two attached hydrogens (primary N) is 1. The third-order valence-electron chi connectivity index (χ3n) is 4.72. The molecule has 0 aromatic heterocycles. The van der Waals surface area contributed by atoms with Gasteiger partial charge in [0.05, 0.1) is 0 Å². The van der Waals surface area contributed by atoms with Crippen LogP contribution in [0.5, 0.6) is 0 Å². The van der Waals surface area contributed by atoms with E-state index in [0.717, 1.165) is 16.6 Å². The van der Waals surface area contributed by atoms with E-state index in [1.165, 1.54) is 31.7 Å². The summed E-state index contributed by atoms with van der Waals surface area (Å²) in [7, 11) is 2.17. The molecule has 1 aromatic carbocycles. The normalized spacial score (nSPS) is 24.9. The van der Waals surface area contributed by atoms with Crippen LogP contribution in [-0.2, 0) is 0 Å². The summed E-state index contributed by atoms with van der Waals surface area (Å²) in [4.78, 5) is 2.41. The first-order valence-corrected chi connectivity index (χ1v) is 8.20. The highest BCUT2D eigenvalue weighted by atomic mass is 79.9. The van der Waals surface area contributed by atoms with Crippen molar-refractivity contribution >= 4 is 15.9 Å². The Labute approximate surface area is 129 Å². The van der Waals surface area contributed by atoms with E-state index in [-0.39, 0.29) is 11.9 Å². The number of rotatable bonds is 4. The summed E-state index contributed by atoms with van der Waals surface area (Å²) in [5.41, 5.74) is 7.07. The zero-order valence-electron chi connectivity index (χ0n) is 12.3. The molecule has 1 aromatic rings. The Morgan fingerprint density at radius 1 is 1.40 bits per heavy atom. The summed E-state index contributed by atoms with van der Waals surface area (Å²) >= 11 is 3.48. The lowest BCUT2D eigenvalue weighted by Crippen LogP contribution is -2.44. The molecule has 1 aliphatic rings. The summed E-state index contributed by atoms with van der Waals surface area (Å²) in [5.74, 6) is 0.378. The molecule has 1 fully saturated rings. The summed E-state index contributed by atoms with van der Waals surface area (Å²) in [5, 5.41) is 0. The zero-order chi connectivity index (χ0) is 14.7. The molecule has 1 saturated carbocycles. The Balaban J connectivity index is 2.16. The molecule has 0 aliphatic heterocycles. The lowest BCUT2D eigenvalue weighted by atomic mass is 9.83. The molecule has 2 nitrogen and oxygen atoms in total. The molecular weight excluding hydrogens is 319 g/mol. The fraction of sp³-hybridized carbons (Fsp3) is 0.625. The predicted octanol–water partition coefficient (Wildman–Crippen LogP) is 4.10. The molecule has 0 bridgehead atoms. The van der Waals surface area contributed by atoms with Gasteiger partial charge in [0.1, 0.15) is 5.82 Å². The van der Waals surface area contributed by atoms with Gasteiger partial charge in [0.15, 0.2) is 0 Å². The van der Waals surface area contributed by atoms with E-state index in [9.17, 15) is 4.39 Å². The Hall–Kier alpha value is -0.450. The van der Waals surface area contributed by atoms with Gasteiger partial charge < -0.3 is 5.73 Å². The van der Waals surface area contributed by atoms with Crippen LogP contribution in [0, 0.1) is 11.7 Å². The number of nitrogens with zero attached hydrogens (tertiary/aromatic N) is 1. The van der Waals surface area contributed by atoms with Crippen LogP contribution in [0.15, 0.2) is 22.7 Å². The SMILES string of the molecule is CC(c1ccc(F)cc1Br)N(C)C1CCCCC1CN. The average Bonchev–Trinajstić information content (AvgIpc) is 2.45. The van der Waals surface area contributed by atoms with E-state index in [4.69, 9.17) is 5.73 Å². The molecule has 0 spiro atoms. The smallest absolute Gasteiger partial charge is 0.124 e. The number of hydrogen-bond donors (Lipinski definition) is 1. The topological polar surface area (TPSA) is 29.3 Å². The minimum atomic E-state index is -0.201. The molecule has 2 rings (SSSR count). The van der Waals surface area contributed by atoms with E-state index < -0.39 is 0 Å². The van der Waals surface area contributed by atoms with Crippen LogP contribution in [0.25, 0.3) is 0 Å². The van der Waals surface area contributed by atoms with Gasteiger partial charge in [-0.3, -0.25) is 4.90 Å². The molecule has 112 valence electrons. The van der Waals surface area contributed by atoms with Crippen molar-refractivity contribution in [2.75, 3.05) is 13.6 Å². The van der Waals surface area contributed by atoms with E-state index in [2.05, 4.69) is 34.8 Å². The quantitative estimate of drug-likeness (QED) is 0.892. The highest BCUT2D eigenvalue weighted by Crippen LogP contribution is 2.34. The molecule has 2 N–H and O–H groups in total. The summed E-state index contributed by atoms with van der Waals surface area (Å²) in [6, 6.07) is 5.73. The van der Waals surface area contributed by atoms with Crippen molar-refractivity contribution in [1.29, 1.82) is 0 Å². The molecule has 3 unspecified atom stereocenters. The monoisotopic (exact) mass is 342 g/mol. The minimum absolute atomic E-state index is 0.201. The van der Waals surface area contributed by atoms with Gasteiger partial charge in [0.2, 0.25) is 0 Å². The number of halogens is 2. The van der Waals surface area contributed by atoms with Crippen LogP contribution in [0.3, 0.4) is 0 Å². The van der Waals surface area contributed by atoms with Gasteiger partial charge in [-0.15, -0.1) is 0 Å². The van der Waals surface area contributed by atoms with Crippen LogP contribution in [0.4, 0.5) is 4.39 Å². The van der Waals surface area contributed by atoms with Crippen LogP contribution >= 0.6 is 15.9 Å². The minimum Gasteiger partial charge on any atom is -0.330 e. The first-order chi connectivity index (χ1) is 9.54.